The maximum absolute atomic E-state index is 5.65. The zero-order valence-corrected chi connectivity index (χ0v) is 9.57. The number of nitrogen functional groups attached to an aromatic ring is 1. The molecule has 0 aliphatic carbocycles. The van der Waals surface area contributed by atoms with Crippen LogP contribution >= 0.6 is 0 Å². The van der Waals surface area contributed by atoms with E-state index in [1.807, 2.05) is 0 Å². The zero-order valence-electron chi connectivity index (χ0n) is 9.57. The maximum Gasteiger partial charge on any atom is 0.259 e. The average molecular weight is 248 g/mol. The highest BCUT2D eigenvalue weighted by molar-refractivity contribution is 5.57. The number of ether oxygens (including phenoxy) is 2. The standard InChI is InChI=1S/C11H12N4O3/c12-8-3-7(4-13-5-8)11-14-10(15-18-11)9-6-16-1-2-17-9/h3-5,9H,1-2,6,12H2. The van der Waals surface area contributed by atoms with Gasteiger partial charge in [0.1, 0.15) is 6.10 Å². The summed E-state index contributed by atoms with van der Waals surface area (Å²) >= 11 is 0. The fraction of sp³-hybridized carbons (Fsp3) is 0.364. The van der Waals surface area contributed by atoms with Gasteiger partial charge in [0, 0.05) is 12.4 Å². The van der Waals surface area contributed by atoms with Crippen LogP contribution in [0, 0.1) is 0 Å². The van der Waals surface area contributed by atoms with Crippen LogP contribution in [0.5, 0.6) is 0 Å². The van der Waals surface area contributed by atoms with Crippen LogP contribution in [0.4, 0.5) is 5.69 Å². The lowest BCUT2D eigenvalue weighted by molar-refractivity contribution is -0.0941. The first kappa shape index (κ1) is 11.1. The fourth-order valence-corrected chi connectivity index (χ4v) is 1.69. The minimum Gasteiger partial charge on any atom is -0.397 e. The molecule has 1 fully saturated rings. The predicted octanol–water partition coefficient (Wildman–Crippen LogP) is 0.802. The predicted molar refractivity (Wildman–Crippen MR) is 61.5 cm³/mol. The molecule has 7 heteroatoms. The third-order valence-corrected chi connectivity index (χ3v) is 2.55. The number of pyridine rings is 1. The summed E-state index contributed by atoms with van der Waals surface area (Å²) in [6.45, 7) is 1.57. The first-order valence-electron chi connectivity index (χ1n) is 5.57. The van der Waals surface area contributed by atoms with Gasteiger partial charge >= 0.3 is 0 Å². The van der Waals surface area contributed by atoms with E-state index < -0.39 is 0 Å². The monoisotopic (exact) mass is 248 g/mol. The smallest absolute Gasteiger partial charge is 0.259 e. The van der Waals surface area contributed by atoms with Crippen LogP contribution in [0.15, 0.2) is 23.0 Å². The lowest BCUT2D eigenvalue weighted by atomic mass is 10.2. The second-order valence-electron chi connectivity index (χ2n) is 3.90. The van der Waals surface area contributed by atoms with E-state index in [1.165, 1.54) is 0 Å². The van der Waals surface area contributed by atoms with Crippen molar-refractivity contribution < 1.29 is 14.0 Å². The SMILES string of the molecule is Nc1cncc(-c2nc(C3COCCO3)no2)c1. The third kappa shape index (κ3) is 2.18. The fourth-order valence-electron chi connectivity index (χ4n) is 1.69. The van der Waals surface area contributed by atoms with Crippen molar-refractivity contribution in [1.82, 2.24) is 15.1 Å². The van der Waals surface area contributed by atoms with Crippen LogP contribution in [0.25, 0.3) is 11.5 Å². The number of rotatable bonds is 2. The zero-order chi connectivity index (χ0) is 12.4. The Bertz CT molecular complexity index is 537. The molecule has 0 amide bonds. The Balaban J connectivity index is 1.84. The summed E-state index contributed by atoms with van der Waals surface area (Å²) in [5.41, 5.74) is 6.88. The summed E-state index contributed by atoms with van der Waals surface area (Å²) in [5, 5.41) is 3.89. The van der Waals surface area contributed by atoms with Gasteiger partial charge in [-0.3, -0.25) is 4.98 Å². The van der Waals surface area contributed by atoms with Crippen molar-refractivity contribution in [2.75, 3.05) is 25.6 Å². The molecule has 0 saturated carbocycles. The average Bonchev–Trinajstić information content (AvgIpc) is 2.89. The molecule has 1 unspecified atom stereocenters. The summed E-state index contributed by atoms with van der Waals surface area (Å²) in [6.07, 6.45) is 2.90. The van der Waals surface area contributed by atoms with Crippen LogP contribution in [0.1, 0.15) is 11.9 Å². The van der Waals surface area contributed by atoms with Crippen LogP contribution < -0.4 is 5.73 Å². The van der Waals surface area contributed by atoms with Crippen LogP contribution in [0.3, 0.4) is 0 Å². The Morgan fingerprint density at radius 2 is 2.22 bits per heavy atom. The number of nitrogens with two attached hydrogens (primary N) is 1. The molecular weight excluding hydrogens is 236 g/mol. The van der Waals surface area contributed by atoms with E-state index in [4.69, 9.17) is 19.7 Å². The highest BCUT2D eigenvalue weighted by Crippen LogP contribution is 2.23. The van der Waals surface area contributed by atoms with Gasteiger partial charge in [-0.1, -0.05) is 5.16 Å². The second-order valence-corrected chi connectivity index (χ2v) is 3.90. The van der Waals surface area contributed by atoms with Gasteiger partial charge in [0.15, 0.2) is 0 Å². The minimum atomic E-state index is -0.273. The van der Waals surface area contributed by atoms with Crippen molar-refractivity contribution in [2.45, 2.75) is 6.10 Å². The summed E-state index contributed by atoms with van der Waals surface area (Å²) in [4.78, 5) is 8.24. The molecule has 0 spiro atoms. The van der Waals surface area contributed by atoms with Crippen molar-refractivity contribution in [3.05, 3.63) is 24.3 Å². The molecule has 1 saturated heterocycles. The molecule has 3 heterocycles. The van der Waals surface area contributed by atoms with E-state index in [-0.39, 0.29) is 6.10 Å². The van der Waals surface area contributed by atoms with Gasteiger partial charge in [-0.2, -0.15) is 4.98 Å². The molecule has 94 valence electrons. The van der Waals surface area contributed by atoms with Gasteiger partial charge in [0.25, 0.3) is 5.89 Å². The van der Waals surface area contributed by atoms with Gasteiger partial charge in [-0.05, 0) is 6.07 Å². The number of anilines is 1. The maximum atomic E-state index is 5.65. The Morgan fingerprint density at radius 3 is 3.00 bits per heavy atom. The van der Waals surface area contributed by atoms with E-state index in [2.05, 4.69) is 15.1 Å². The van der Waals surface area contributed by atoms with Gasteiger partial charge in [-0.15, -0.1) is 0 Å². The minimum absolute atomic E-state index is 0.273. The van der Waals surface area contributed by atoms with E-state index in [0.717, 1.165) is 0 Å². The normalized spacial score (nSPS) is 19.9. The van der Waals surface area contributed by atoms with Crippen LogP contribution in [-0.2, 0) is 9.47 Å². The Labute approximate surface area is 103 Å². The number of aromatic nitrogens is 3. The van der Waals surface area contributed by atoms with E-state index in [1.54, 1.807) is 18.5 Å². The molecule has 1 aliphatic rings. The number of hydrogen-bond acceptors (Lipinski definition) is 7. The first-order valence-corrected chi connectivity index (χ1v) is 5.57. The Kier molecular flexibility index (Phi) is 2.91. The van der Waals surface area contributed by atoms with E-state index in [0.29, 0.717) is 42.8 Å². The highest BCUT2D eigenvalue weighted by Gasteiger charge is 2.22. The molecule has 0 radical (unpaired) electrons. The molecule has 2 aromatic heterocycles. The lowest BCUT2D eigenvalue weighted by Gasteiger charge is -2.19. The number of nitrogens with zero attached hydrogens (tertiary/aromatic N) is 3. The Hall–Kier alpha value is -1.99. The molecule has 7 nitrogen and oxygen atoms in total. The topological polar surface area (TPSA) is 96.3 Å². The molecule has 0 aromatic carbocycles. The molecule has 2 N–H and O–H groups in total. The largest absolute Gasteiger partial charge is 0.397 e. The second kappa shape index (κ2) is 4.71. The number of hydrogen-bond donors (Lipinski definition) is 1. The van der Waals surface area contributed by atoms with Gasteiger partial charge in [0.05, 0.1) is 31.1 Å². The van der Waals surface area contributed by atoms with E-state index >= 15 is 0 Å². The molecule has 18 heavy (non-hydrogen) atoms. The van der Waals surface area contributed by atoms with Gasteiger partial charge in [0.2, 0.25) is 5.82 Å². The summed E-state index contributed by atoms with van der Waals surface area (Å²) in [6, 6.07) is 1.72. The molecule has 1 atom stereocenters. The summed E-state index contributed by atoms with van der Waals surface area (Å²) in [7, 11) is 0. The first-order chi connectivity index (χ1) is 8.83. The van der Waals surface area contributed by atoms with Crippen molar-refractivity contribution in [3.8, 4) is 11.5 Å². The third-order valence-electron chi connectivity index (χ3n) is 2.55. The van der Waals surface area contributed by atoms with Gasteiger partial charge in [-0.25, -0.2) is 0 Å². The van der Waals surface area contributed by atoms with Gasteiger partial charge < -0.3 is 19.7 Å². The van der Waals surface area contributed by atoms with Crippen LogP contribution in [-0.4, -0.2) is 34.9 Å². The molecule has 2 aromatic rings. The molecule has 1 aliphatic heterocycles. The summed E-state index contributed by atoms with van der Waals surface area (Å²) in [5.74, 6) is 0.853. The molecule has 0 bridgehead atoms. The van der Waals surface area contributed by atoms with E-state index in [9.17, 15) is 0 Å². The van der Waals surface area contributed by atoms with Crippen molar-refractivity contribution in [2.24, 2.45) is 0 Å². The Morgan fingerprint density at radius 1 is 1.28 bits per heavy atom. The lowest BCUT2D eigenvalue weighted by Crippen LogP contribution is -2.22. The summed E-state index contributed by atoms with van der Waals surface area (Å²) < 4.78 is 15.9. The van der Waals surface area contributed by atoms with Crippen molar-refractivity contribution in [1.29, 1.82) is 0 Å². The highest BCUT2D eigenvalue weighted by atomic mass is 16.6. The molecular formula is C11H12N4O3. The quantitative estimate of drug-likeness (QED) is 0.839. The van der Waals surface area contributed by atoms with Crippen LogP contribution in [0.2, 0.25) is 0 Å². The molecule has 3 rings (SSSR count). The van der Waals surface area contributed by atoms with Crippen molar-refractivity contribution >= 4 is 5.69 Å². The van der Waals surface area contributed by atoms with Crippen molar-refractivity contribution in [3.63, 3.8) is 0 Å².